The third kappa shape index (κ3) is 4.23. The molecular weight excluding hydrogens is 188 g/mol. The minimum Gasteiger partial charge on any atom is -0.469 e. The first-order chi connectivity index (χ1) is 6.47. The van der Waals surface area contributed by atoms with Crippen molar-refractivity contribution in [1.29, 1.82) is 0 Å². The molecule has 0 aliphatic heterocycles. The third-order valence-electron chi connectivity index (χ3n) is 2.06. The van der Waals surface area contributed by atoms with Gasteiger partial charge in [0.25, 0.3) is 0 Å². The van der Waals surface area contributed by atoms with Gasteiger partial charge >= 0.3 is 11.9 Å². The number of aliphatic hydroxyl groups is 1. The minimum absolute atomic E-state index is 0.199. The Bertz CT molecular complexity index is 193. The van der Waals surface area contributed by atoms with Crippen LogP contribution in [0.5, 0.6) is 0 Å². The van der Waals surface area contributed by atoms with Crippen LogP contribution in [0.4, 0.5) is 0 Å². The Hall–Kier alpha value is -1.10. The van der Waals surface area contributed by atoms with Crippen LogP contribution < -0.4 is 0 Å². The molecule has 5 heteroatoms. The van der Waals surface area contributed by atoms with Crippen LogP contribution in [0.15, 0.2) is 0 Å². The molecule has 14 heavy (non-hydrogen) atoms. The van der Waals surface area contributed by atoms with E-state index in [-0.39, 0.29) is 19.3 Å². The van der Waals surface area contributed by atoms with Crippen LogP contribution in [0.1, 0.15) is 26.2 Å². The molecule has 0 aromatic heterocycles. The highest BCUT2D eigenvalue weighted by atomic mass is 16.5. The molecule has 0 aromatic rings. The molecule has 0 atom stereocenters. The zero-order valence-electron chi connectivity index (χ0n) is 8.70. The molecule has 0 bridgehead atoms. The molecule has 0 rings (SSSR count). The van der Waals surface area contributed by atoms with Crippen LogP contribution in [0, 0.1) is 0 Å². The Balaban J connectivity index is 4.31. The number of ether oxygens (including phenoxy) is 2. The van der Waals surface area contributed by atoms with Gasteiger partial charge < -0.3 is 14.6 Å². The standard InChI is InChI=1S/C9H16O5/c1-4-9(12,5-7(10)13-2)6-8(11)14-3/h12H,4-6H2,1-3H3. The second kappa shape index (κ2) is 5.59. The second-order valence-corrected chi connectivity index (χ2v) is 3.08. The Morgan fingerprint density at radius 1 is 1.14 bits per heavy atom. The van der Waals surface area contributed by atoms with Gasteiger partial charge in [-0.1, -0.05) is 6.92 Å². The number of rotatable bonds is 5. The Kier molecular flexibility index (Phi) is 5.15. The van der Waals surface area contributed by atoms with Gasteiger partial charge in [0.15, 0.2) is 0 Å². The number of esters is 2. The van der Waals surface area contributed by atoms with E-state index in [1.165, 1.54) is 14.2 Å². The molecule has 0 saturated carbocycles. The molecule has 0 aromatic carbocycles. The zero-order chi connectivity index (χ0) is 11.2. The van der Waals surface area contributed by atoms with Crippen molar-refractivity contribution in [3.8, 4) is 0 Å². The maximum absolute atomic E-state index is 10.9. The summed E-state index contributed by atoms with van der Waals surface area (Å²) in [6, 6.07) is 0. The van der Waals surface area contributed by atoms with Gasteiger partial charge in [0.2, 0.25) is 0 Å². The van der Waals surface area contributed by atoms with Crippen molar-refractivity contribution in [2.75, 3.05) is 14.2 Å². The van der Waals surface area contributed by atoms with E-state index in [2.05, 4.69) is 9.47 Å². The summed E-state index contributed by atoms with van der Waals surface area (Å²) in [4.78, 5) is 21.8. The van der Waals surface area contributed by atoms with Crippen molar-refractivity contribution >= 4 is 11.9 Å². The normalized spacial score (nSPS) is 10.9. The van der Waals surface area contributed by atoms with Crippen molar-refractivity contribution in [2.45, 2.75) is 31.8 Å². The topological polar surface area (TPSA) is 72.8 Å². The fourth-order valence-corrected chi connectivity index (χ4v) is 0.994. The van der Waals surface area contributed by atoms with E-state index in [1.54, 1.807) is 6.92 Å². The molecule has 0 saturated heterocycles. The number of carbonyl (C=O) groups is 2. The summed E-state index contributed by atoms with van der Waals surface area (Å²) in [7, 11) is 2.47. The van der Waals surface area contributed by atoms with Gasteiger partial charge in [-0.15, -0.1) is 0 Å². The van der Waals surface area contributed by atoms with Crippen molar-refractivity contribution in [3.63, 3.8) is 0 Å². The van der Waals surface area contributed by atoms with E-state index < -0.39 is 17.5 Å². The van der Waals surface area contributed by atoms with Gasteiger partial charge in [-0.05, 0) is 6.42 Å². The molecule has 1 N–H and O–H groups in total. The summed E-state index contributed by atoms with van der Waals surface area (Å²) in [5.41, 5.74) is -1.36. The average Bonchev–Trinajstić information content (AvgIpc) is 2.17. The van der Waals surface area contributed by atoms with Gasteiger partial charge in [0, 0.05) is 0 Å². The van der Waals surface area contributed by atoms with Crippen molar-refractivity contribution in [1.82, 2.24) is 0 Å². The molecular formula is C9H16O5. The summed E-state index contributed by atoms with van der Waals surface area (Å²) >= 11 is 0. The van der Waals surface area contributed by atoms with Crippen LogP contribution in [0.3, 0.4) is 0 Å². The van der Waals surface area contributed by atoms with Gasteiger partial charge in [0.05, 0.1) is 32.7 Å². The van der Waals surface area contributed by atoms with Gasteiger partial charge in [-0.25, -0.2) is 0 Å². The lowest BCUT2D eigenvalue weighted by Gasteiger charge is -2.23. The summed E-state index contributed by atoms with van der Waals surface area (Å²) in [6.45, 7) is 1.69. The highest BCUT2D eigenvalue weighted by Gasteiger charge is 2.31. The monoisotopic (exact) mass is 204 g/mol. The first-order valence-corrected chi connectivity index (χ1v) is 4.33. The van der Waals surface area contributed by atoms with Crippen molar-refractivity contribution < 1.29 is 24.2 Å². The molecule has 0 amide bonds. The molecule has 0 spiro atoms. The van der Waals surface area contributed by atoms with Gasteiger partial charge in [-0.2, -0.15) is 0 Å². The molecule has 5 nitrogen and oxygen atoms in total. The molecule has 82 valence electrons. The first kappa shape index (κ1) is 12.9. The maximum Gasteiger partial charge on any atom is 0.308 e. The van der Waals surface area contributed by atoms with Crippen molar-refractivity contribution in [3.05, 3.63) is 0 Å². The lowest BCUT2D eigenvalue weighted by Crippen LogP contribution is -2.34. The average molecular weight is 204 g/mol. The van der Waals surface area contributed by atoms with E-state index in [1.807, 2.05) is 0 Å². The number of methoxy groups -OCH3 is 2. The van der Waals surface area contributed by atoms with Gasteiger partial charge in [0.1, 0.15) is 0 Å². The second-order valence-electron chi connectivity index (χ2n) is 3.08. The summed E-state index contributed by atoms with van der Waals surface area (Å²) in [6.07, 6.45) is -0.110. The SMILES string of the molecule is CCC(O)(CC(=O)OC)CC(=O)OC. The summed E-state index contributed by atoms with van der Waals surface area (Å²) in [5.74, 6) is -1.09. The van der Waals surface area contributed by atoms with E-state index >= 15 is 0 Å². The van der Waals surface area contributed by atoms with Crippen LogP contribution in [0.2, 0.25) is 0 Å². The molecule has 0 fully saturated rings. The van der Waals surface area contributed by atoms with Crippen LogP contribution in [0.25, 0.3) is 0 Å². The van der Waals surface area contributed by atoms with E-state index in [0.717, 1.165) is 0 Å². The van der Waals surface area contributed by atoms with Gasteiger partial charge in [-0.3, -0.25) is 9.59 Å². The third-order valence-corrected chi connectivity index (χ3v) is 2.06. The quantitative estimate of drug-likeness (QED) is 0.650. The highest BCUT2D eigenvalue weighted by molar-refractivity contribution is 5.74. The largest absolute Gasteiger partial charge is 0.469 e. The predicted molar refractivity (Wildman–Crippen MR) is 48.5 cm³/mol. The Labute approximate surface area is 83.0 Å². The fourth-order valence-electron chi connectivity index (χ4n) is 0.994. The fraction of sp³-hybridized carbons (Fsp3) is 0.778. The summed E-state index contributed by atoms with van der Waals surface area (Å²) < 4.78 is 8.82. The predicted octanol–water partition coefficient (Wildman–Crippen LogP) is 0.254. The summed E-state index contributed by atoms with van der Waals surface area (Å²) in [5, 5.41) is 9.82. The Morgan fingerprint density at radius 3 is 1.71 bits per heavy atom. The first-order valence-electron chi connectivity index (χ1n) is 4.33. The molecule has 0 aliphatic carbocycles. The zero-order valence-corrected chi connectivity index (χ0v) is 8.70. The number of carbonyl (C=O) groups excluding carboxylic acids is 2. The van der Waals surface area contributed by atoms with E-state index in [9.17, 15) is 14.7 Å². The Morgan fingerprint density at radius 2 is 1.50 bits per heavy atom. The van der Waals surface area contributed by atoms with E-state index in [0.29, 0.717) is 0 Å². The number of hydrogen-bond acceptors (Lipinski definition) is 5. The molecule has 0 aliphatic rings. The van der Waals surface area contributed by atoms with Crippen LogP contribution >= 0.6 is 0 Å². The lowest BCUT2D eigenvalue weighted by molar-refractivity contribution is -0.152. The molecule has 0 radical (unpaired) electrons. The smallest absolute Gasteiger partial charge is 0.308 e. The van der Waals surface area contributed by atoms with E-state index in [4.69, 9.17) is 0 Å². The maximum atomic E-state index is 10.9. The van der Waals surface area contributed by atoms with Crippen LogP contribution in [-0.4, -0.2) is 36.9 Å². The van der Waals surface area contributed by atoms with Crippen LogP contribution in [-0.2, 0) is 19.1 Å². The minimum atomic E-state index is -1.36. The lowest BCUT2D eigenvalue weighted by atomic mass is 9.93. The number of hydrogen-bond donors (Lipinski definition) is 1. The highest BCUT2D eigenvalue weighted by Crippen LogP contribution is 2.20. The van der Waals surface area contributed by atoms with Crippen molar-refractivity contribution in [2.24, 2.45) is 0 Å². The molecule has 0 heterocycles. The molecule has 0 unspecified atom stereocenters.